The van der Waals surface area contributed by atoms with Crippen molar-refractivity contribution in [2.75, 3.05) is 26.2 Å². The highest BCUT2D eigenvalue weighted by molar-refractivity contribution is 7.17. The Balaban J connectivity index is 1.70. The molecule has 1 atom stereocenters. The monoisotopic (exact) mass is 375 g/mol. The second kappa shape index (κ2) is 6.73. The first-order valence-electron chi connectivity index (χ1n) is 8.68. The highest BCUT2D eigenvalue weighted by atomic mass is 32.1. The molecular formula is C17H21N5O3S. The van der Waals surface area contributed by atoms with E-state index in [1.54, 1.807) is 13.2 Å². The summed E-state index contributed by atoms with van der Waals surface area (Å²) in [4.78, 5) is 21.6. The minimum atomic E-state index is -0.224. The van der Waals surface area contributed by atoms with E-state index < -0.39 is 0 Å². The molecule has 26 heavy (non-hydrogen) atoms. The number of hydrogen-bond acceptors (Lipinski definition) is 7. The fourth-order valence-electron chi connectivity index (χ4n) is 3.34. The third kappa shape index (κ3) is 2.86. The second-order valence-corrected chi connectivity index (χ2v) is 7.33. The van der Waals surface area contributed by atoms with Gasteiger partial charge in [-0.05, 0) is 12.1 Å². The van der Waals surface area contributed by atoms with E-state index in [9.17, 15) is 9.90 Å². The van der Waals surface area contributed by atoms with Gasteiger partial charge < -0.3 is 14.4 Å². The Morgan fingerprint density at radius 1 is 1.38 bits per heavy atom. The van der Waals surface area contributed by atoms with Crippen LogP contribution in [0.3, 0.4) is 0 Å². The molecule has 0 aliphatic carbocycles. The predicted octanol–water partition coefficient (Wildman–Crippen LogP) is 1.91. The number of rotatable bonds is 4. The molecular weight excluding hydrogens is 354 g/mol. The zero-order valence-corrected chi connectivity index (χ0v) is 15.6. The number of aromatic nitrogens is 3. The second-order valence-electron chi connectivity index (χ2n) is 6.33. The van der Waals surface area contributed by atoms with Crippen molar-refractivity contribution < 1.29 is 14.3 Å². The molecule has 1 saturated heterocycles. The Hall–Kier alpha value is -2.39. The highest BCUT2D eigenvalue weighted by Gasteiger charge is 2.33. The van der Waals surface area contributed by atoms with E-state index in [2.05, 4.69) is 15.0 Å². The molecule has 138 valence electrons. The van der Waals surface area contributed by atoms with Gasteiger partial charge in [0.15, 0.2) is 5.82 Å². The smallest absolute Gasteiger partial charge is 0.230 e. The van der Waals surface area contributed by atoms with Crippen LogP contribution in [0.1, 0.15) is 36.4 Å². The third-order valence-electron chi connectivity index (χ3n) is 4.75. The molecule has 1 amide bonds. The van der Waals surface area contributed by atoms with E-state index in [1.165, 1.54) is 15.9 Å². The average Bonchev–Trinajstić information content (AvgIpc) is 3.35. The molecule has 0 aromatic carbocycles. The molecule has 8 nitrogen and oxygen atoms in total. The topological polar surface area (TPSA) is 87.1 Å². The molecule has 9 heteroatoms. The lowest BCUT2D eigenvalue weighted by molar-refractivity contribution is -0.130. The van der Waals surface area contributed by atoms with Crippen LogP contribution in [0.15, 0.2) is 22.8 Å². The summed E-state index contributed by atoms with van der Waals surface area (Å²) >= 11 is 1.42. The summed E-state index contributed by atoms with van der Waals surface area (Å²) in [7, 11) is 0. The molecule has 3 aromatic heterocycles. The number of piperazine rings is 1. The van der Waals surface area contributed by atoms with Crippen LogP contribution < -0.4 is 0 Å². The standard InChI is InChI=1S/C17H21N5O3S/c1-3-13-18-17-22(19-13)16(24)15(26-17)14(12-5-4-10-25-12)21-8-6-20(7-9-21)11(2)23/h4-5,10,14,24H,3,6-9H2,1-2H3/t14-/m0/s1. The van der Waals surface area contributed by atoms with E-state index in [-0.39, 0.29) is 17.8 Å². The molecule has 0 bridgehead atoms. The Morgan fingerprint density at radius 2 is 2.15 bits per heavy atom. The van der Waals surface area contributed by atoms with Crippen molar-refractivity contribution in [3.8, 4) is 5.88 Å². The zero-order chi connectivity index (χ0) is 18.3. The molecule has 1 N–H and O–H groups in total. The quantitative estimate of drug-likeness (QED) is 0.749. The first-order chi connectivity index (χ1) is 12.6. The summed E-state index contributed by atoms with van der Waals surface area (Å²) in [5.41, 5.74) is 0. The Labute approximate surface area is 154 Å². The van der Waals surface area contributed by atoms with Crippen LogP contribution in [0.5, 0.6) is 5.88 Å². The van der Waals surface area contributed by atoms with Gasteiger partial charge in [-0.1, -0.05) is 18.3 Å². The fourth-order valence-corrected chi connectivity index (χ4v) is 4.45. The molecule has 0 spiro atoms. The van der Waals surface area contributed by atoms with Crippen molar-refractivity contribution in [3.05, 3.63) is 34.9 Å². The maximum Gasteiger partial charge on any atom is 0.230 e. The average molecular weight is 375 g/mol. The molecule has 4 heterocycles. The van der Waals surface area contributed by atoms with Gasteiger partial charge in [0.2, 0.25) is 16.7 Å². The summed E-state index contributed by atoms with van der Waals surface area (Å²) in [6.45, 7) is 6.31. The first-order valence-corrected chi connectivity index (χ1v) is 9.50. The van der Waals surface area contributed by atoms with Crippen LogP contribution in [0.2, 0.25) is 0 Å². The van der Waals surface area contributed by atoms with Crippen molar-refractivity contribution in [2.24, 2.45) is 0 Å². The number of hydrogen-bond donors (Lipinski definition) is 1. The lowest BCUT2D eigenvalue weighted by Gasteiger charge is -2.37. The molecule has 1 fully saturated rings. The van der Waals surface area contributed by atoms with Crippen molar-refractivity contribution >= 4 is 22.2 Å². The van der Waals surface area contributed by atoms with Gasteiger partial charge in [0.25, 0.3) is 0 Å². The maximum atomic E-state index is 11.6. The number of amides is 1. The number of carbonyl (C=O) groups excluding carboxylic acids is 1. The van der Waals surface area contributed by atoms with E-state index >= 15 is 0 Å². The van der Waals surface area contributed by atoms with Gasteiger partial charge in [0.1, 0.15) is 11.8 Å². The largest absolute Gasteiger partial charge is 0.492 e. The van der Waals surface area contributed by atoms with Crippen LogP contribution in [0, 0.1) is 0 Å². The lowest BCUT2D eigenvalue weighted by atomic mass is 10.1. The number of carbonyl (C=O) groups is 1. The number of thiazole rings is 1. The van der Waals surface area contributed by atoms with Crippen molar-refractivity contribution in [1.29, 1.82) is 0 Å². The van der Waals surface area contributed by atoms with Crippen LogP contribution in [-0.4, -0.2) is 61.6 Å². The Kier molecular flexibility index (Phi) is 4.41. The number of fused-ring (bicyclic) bond motifs is 1. The van der Waals surface area contributed by atoms with E-state index in [4.69, 9.17) is 4.42 Å². The molecule has 0 radical (unpaired) electrons. The number of nitrogens with zero attached hydrogens (tertiary/aromatic N) is 5. The first kappa shape index (κ1) is 17.0. The minimum absolute atomic E-state index is 0.0907. The van der Waals surface area contributed by atoms with E-state index in [1.807, 2.05) is 24.0 Å². The van der Waals surface area contributed by atoms with Crippen LogP contribution in [-0.2, 0) is 11.2 Å². The predicted molar refractivity (Wildman–Crippen MR) is 96.3 cm³/mol. The summed E-state index contributed by atoms with van der Waals surface area (Å²) in [6, 6.07) is 3.53. The van der Waals surface area contributed by atoms with Crippen LogP contribution >= 0.6 is 11.3 Å². The van der Waals surface area contributed by atoms with Gasteiger partial charge in [-0.15, -0.1) is 5.10 Å². The number of aromatic hydroxyl groups is 1. The maximum absolute atomic E-state index is 11.6. The molecule has 0 saturated carbocycles. The van der Waals surface area contributed by atoms with Gasteiger partial charge in [0.05, 0.1) is 11.1 Å². The number of aryl methyl sites for hydroxylation is 1. The molecule has 1 aliphatic rings. The third-order valence-corrected chi connectivity index (χ3v) is 5.82. The van der Waals surface area contributed by atoms with Gasteiger partial charge in [-0.2, -0.15) is 4.52 Å². The summed E-state index contributed by atoms with van der Waals surface area (Å²) in [5.74, 6) is 1.67. The lowest BCUT2D eigenvalue weighted by Crippen LogP contribution is -2.49. The van der Waals surface area contributed by atoms with Gasteiger partial charge in [-0.25, -0.2) is 4.98 Å². The van der Waals surface area contributed by atoms with E-state index in [0.717, 1.165) is 17.1 Å². The van der Waals surface area contributed by atoms with E-state index in [0.29, 0.717) is 37.0 Å². The Morgan fingerprint density at radius 3 is 2.73 bits per heavy atom. The summed E-state index contributed by atoms with van der Waals surface area (Å²) in [6.07, 6.45) is 2.36. The van der Waals surface area contributed by atoms with Gasteiger partial charge in [0, 0.05) is 39.5 Å². The van der Waals surface area contributed by atoms with Crippen LogP contribution in [0.4, 0.5) is 0 Å². The van der Waals surface area contributed by atoms with Crippen LogP contribution in [0.25, 0.3) is 4.96 Å². The number of furan rings is 1. The fraction of sp³-hybridized carbons (Fsp3) is 0.471. The SMILES string of the molecule is CCc1nc2sc([C@H](c3ccco3)N3CCN(C(C)=O)CC3)c(O)n2n1. The summed E-state index contributed by atoms with van der Waals surface area (Å²) < 4.78 is 7.17. The van der Waals surface area contributed by atoms with Crippen molar-refractivity contribution in [2.45, 2.75) is 26.3 Å². The Bertz CT molecular complexity index is 909. The minimum Gasteiger partial charge on any atom is -0.492 e. The molecule has 1 aliphatic heterocycles. The van der Waals surface area contributed by atoms with Gasteiger partial charge in [-0.3, -0.25) is 9.69 Å². The van der Waals surface area contributed by atoms with Crippen molar-refractivity contribution in [3.63, 3.8) is 0 Å². The highest BCUT2D eigenvalue weighted by Crippen LogP contribution is 2.40. The summed E-state index contributed by atoms with van der Waals surface area (Å²) in [5, 5.41) is 15.1. The molecule has 3 aromatic rings. The normalized spacial score (nSPS) is 17.1. The van der Waals surface area contributed by atoms with Gasteiger partial charge >= 0.3 is 0 Å². The molecule has 4 rings (SSSR count). The molecule has 0 unspecified atom stereocenters. The zero-order valence-electron chi connectivity index (χ0n) is 14.8. The van der Waals surface area contributed by atoms with Crippen molar-refractivity contribution in [1.82, 2.24) is 24.4 Å².